The van der Waals surface area contributed by atoms with Crippen molar-refractivity contribution in [2.24, 2.45) is 0 Å². The van der Waals surface area contributed by atoms with E-state index >= 15 is 0 Å². The second-order valence-electron chi connectivity index (χ2n) is 13.9. The summed E-state index contributed by atoms with van der Waals surface area (Å²) in [5, 5.41) is 0. The Kier molecular flexibility index (Phi) is 6.53. The first-order chi connectivity index (χ1) is 26.3. The van der Waals surface area contributed by atoms with Crippen molar-refractivity contribution in [2.45, 2.75) is 5.41 Å². The van der Waals surface area contributed by atoms with Gasteiger partial charge in [0.05, 0.1) is 34.4 Å². The first kappa shape index (κ1) is 29.8. The van der Waals surface area contributed by atoms with Gasteiger partial charge in [0, 0.05) is 17.6 Å². The molecule has 53 heavy (non-hydrogen) atoms. The number of fused-ring (bicyclic) bond motifs is 7. The molecule has 0 atom stereocenters. The van der Waals surface area contributed by atoms with Crippen LogP contribution in [0.3, 0.4) is 0 Å². The van der Waals surface area contributed by atoms with Crippen molar-refractivity contribution in [1.82, 2.24) is 4.98 Å². The molecule has 0 radical (unpaired) electrons. The van der Waals surface area contributed by atoms with Gasteiger partial charge in [-0.2, -0.15) is 0 Å². The Morgan fingerprint density at radius 2 is 1.09 bits per heavy atom. The lowest BCUT2D eigenvalue weighted by molar-refractivity contribution is 0.478. The predicted octanol–water partition coefficient (Wildman–Crippen LogP) is 9.65. The van der Waals surface area contributed by atoms with Gasteiger partial charge in [-0.05, 0) is 81.7 Å². The van der Waals surface area contributed by atoms with Crippen LogP contribution in [-0.4, -0.2) is 11.7 Å². The van der Waals surface area contributed by atoms with Crippen LogP contribution in [0.2, 0.25) is 0 Å². The van der Waals surface area contributed by atoms with Crippen molar-refractivity contribution in [2.75, 3.05) is 9.80 Å². The summed E-state index contributed by atoms with van der Waals surface area (Å²) >= 11 is 0. The summed E-state index contributed by atoms with van der Waals surface area (Å²) in [5.41, 5.74) is 14.3. The summed E-state index contributed by atoms with van der Waals surface area (Å²) in [7, 11) is 0. The lowest BCUT2D eigenvalue weighted by atomic mass is 9.29. The number of hydrogen-bond acceptors (Lipinski definition) is 4. The van der Waals surface area contributed by atoms with Crippen LogP contribution in [-0.2, 0) is 5.41 Å². The molecule has 0 amide bonds. The Hall–Kier alpha value is -6.85. The summed E-state index contributed by atoms with van der Waals surface area (Å²) in [6.45, 7) is -0.0443. The van der Waals surface area contributed by atoms with E-state index in [4.69, 9.17) is 4.74 Å². The Bertz CT molecular complexity index is 2630. The standard InChI is InChI=1S/C48H32BN3O/c1-4-17-33(18-5-1)48(34-19-6-2-7-20-34)37-24-10-11-25-39(37)49-40-26-12-13-27-41(40)52(36-23-16-30-50-32-36)46-45(49)38(48)31-43-47(46)53-44-29-15-14-28-42(44)51(43)35-21-8-3-9-22-35/h1-32H. The Balaban J connectivity index is 1.38. The minimum atomic E-state index is -0.652. The van der Waals surface area contributed by atoms with Crippen LogP contribution in [0.1, 0.15) is 22.3 Å². The van der Waals surface area contributed by atoms with Crippen molar-refractivity contribution in [3.63, 3.8) is 0 Å². The first-order valence-electron chi connectivity index (χ1n) is 18.2. The highest BCUT2D eigenvalue weighted by Gasteiger charge is 2.53. The smallest absolute Gasteiger partial charge is 0.247 e. The average Bonchev–Trinajstić information content (AvgIpc) is 3.24. The summed E-state index contributed by atoms with van der Waals surface area (Å²) in [6, 6.07) is 65.7. The molecule has 0 aliphatic carbocycles. The highest BCUT2D eigenvalue weighted by atomic mass is 16.5. The molecular weight excluding hydrogens is 645 g/mol. The highest BCUT2D eigenvalue weighted by Crippen LogP contribution is 2.59. The van der Waals surface area contributed by atoms with Crippen LogP contribution in [0.25, 0.3) is 0 Å². The number of anilines is 6. The molecule has 248 valence electrons. The Labute approximate surface area is 309 Å². The minimum absolute atomic E-state index is 0.0443. The fourth-order valence-corrected chi connectivity index (χ4v) is 9.25. The van der Waals surface area contributed by atoms with Gasteiger partial charge in [-0.1, -0.05) is 139 Å². The van der Waals surface area contributed by atoms with Gasteiger partial charge in [-0.15, -0.1) is 0 Å². The molecule has 8 aromatic rings. The molecule has 3 aliphatic heterocycles. The minimum Gasteiger partial charge on any atom is -0.451 e. The maximum absolute atomic E-state index is 7.23. The van der Waals surface area contributed by atoms with E-state index in [2.05, 4.69) is 191 Å². The van der Waals surface area contributed by atoms with Gasteiger partial charge in [0.1, 0.15) is 0 Å². The van der Waals surface area contributed by atoms with E-state index < -0.39 is 5.41 Å². The fraction of sp³-hybridized carbons (Fsp3) is 0.0208. The molecule has 0 N–H and O–H groups in total. The Morgan fingerprint density at radius 1 is 0.491 bits per heavy atom. The second-order valence-corrected chi connectivity index (χ2v) is 13.9. The molecule has 0 unspecified atom stereocenters. The molecule has 3 aliphatic rings. The van der Waals surface area contributed by atoms with E-state index in [0.717, 1.165) is 45.6 Å². The molecule has 7 aromatic carbocycles. The summed E-state index contributed by atoms with van der Waals surface area (Å²) in [6.07, 6.45) is 3.81. The molecule has 0 saturated heterocycles. The number of rotatable bonds is 4. The lowest BCUT2D eigenvalue weighted by Crippen LogP contribution is -2.65. The van der Waals surface area contributed by atoms with E-state index in [1.807, 2.05) is 18.5 Å². The largest absolute Gasteiger partial charge is 0.451 e. The lowest BCUT2D eigenvalue weighted by Gasteiger charge is -2.50. The van der Waals surface area contributed by atoms with Crippen molar-refractivity contribution in [1.29, 1.82) is 0 Å². The first-order valence-corrected chi connectivity index (χ1v) is 18.2. The summed E-state index contributed by atoms with van der Waals surface area (Å²) < 4.78 is 7.23. The van der Waals surface area contributed by atoms with Crippen molar-refractivity contribution in [3.05, 3.63) is 217 Å². The Morgan fingerprint density at radius 3 is 1.81 bits per heavy atom. The number of benzene rings is 7. The molecule has 0 bridgehead atoms. The zero-order valence-corrected chi connectivity index (χ0v) is 28.8. The molecule has 11 rings (SSSR count). The van der Waals surface area contributed by atoms with E-state index in [-0.39, 0.29) is 6.71 Å². The third kappa shape index (κ3) is 4.16. The number of ether oxygens (including phenoxy) is 1. The van der Waals surface area contributed by atoms with Crippen LogP contribution in [0, 0.1) is 0 Å². The number of hydrogen-bond donors (Lipinski definition) is 0. The third-order valence-corrected chi connectivity index (χ3v) is 11.2. The maximum atomic E-state index is 7.23. The van der Waals surface area contributed by atoms with Gasteiger partial charge in [0.2, 0.25) is 6.71 Å². The van der Waals surface area contributed by atoms with E-state index in [1.165, 1.54) is 38.6 Å². The molecule has 4 heterocycles. The van der Waals surface area contributed by atoms with Gasteiger partial charge in [0.25, 0.3) is 0 Å². The molecule has 0 saturated carbocycles. The van der Waals surface area contributed by atoms with Crippen LogP contribution in [0.4, 0.5) is 34.1 Å². The maximum Gasteiger partial charge on any atom is 0.247 e. The number of aromatic nitrogens is 1. The molecule has 0 spiro atoms. The monoisotopic (exact) mass is 677 g/mol. The summed E-state index contributed by atoms with van der Waals surface area (Å²) in [5.74, 6) is 1.64. The average molecular weight is 678 g/mol. The van der Waals surface area contributed by atoms with Gasteiger partial charge < -0.3 is 14.5 Å². The van der Waals surface area contributed by atoms with Crippen LogP contribution < -0.4 is 30.9 Å². The van der Waals surface area contributed by atoms with E-state index in [0.29, 0.717) is 0 Å². The van der Waals surface area contributed by atoms with Crippen LogP contribution in [0.5, 0.6) is 11.5 Å². The fourth-order valence-electron chi connectivity index (χ4n) is 9.25. The molecule has 1 aromatic heterocycles. The van der Waals surface area contributed by atoms with Gasteiger partial charge in [-0.25, -0.2) is 0 Å². The number of para-hydroxylation sites is 4. The number of nitrogens with zero attached hydrogens (tertiary/aromatic N) is 3. The van der Waals surface area contributed by atoms with Crippen molar-refractivity contribution < 1.29 is 4.74 Å². The zero-order valence-electron chi connectivity index (χ0n) is 28.8. The molecule has 0 fully saturated rings. The molecule has 5 heteroatoms. The van der Waals surface area contributed by atoms with Gasteiger partial charge in [0.15, 0.2) is 11.5 Å². The summed E-state index contributed by atoms with van der Waals surface area (Å²) in [4.78, 5) is 9.43. The molecule has 4 nitrogen and oxygen atoms in total. The van der Waals surface area contributed by atoms with Crippen molar-refractivity contribution >= 4 is 57.2 Å². The highest BCUT2D eigenvalue weighted by molar-refractivity contribution is 6.99. The quantitative estimate of drug-likeness (QED) is 0.174. The van der Waals surface area contributed by atoms with E-state index in [1.54, 1.807) is 0 Å². The SMILES string of the molecule is c1ccc(N2c3ccccc3Oc3c2cc2c4c3N(c3cccnc3)c3ccccc3B4c3ccccc3C2(c2ccccc2)c2ccccc2)cc1. The topological polar surface area (TPSA) is 28.6 Å². The predicted molar refractivity (Wildman–Crippen MR) is 217 cm³/mol. The van der Waals surface area contributed by atoms with E-state index in [9.17, 15) is 0 Å². The number of pyridine rings is 1. The van der Waals surface area contributed by atoms with Crippen LogP contribution in [0.15, 0.2) is 194 Å². The zero-order chi connectivity index (χ0) is 34.9. The molecular formula is C48H32BN3O. The normalized spacial score (nSPS) is 14.2. The third-order valence-electron chi connectivity index (χ3n) is 11.2. The van der Waals surface area contributed by atoms with Gasteiger partial charge in [-0.3, -0.25) is 4.98 Å². The second kappa shape index (κ2) is 11.6. The van der Waals surface area contributed by atoms with Crippen LogP contribution >= 0.6 is 0 Å². The van der Waals surface area contributed by atoms with Crippen molar-refractivity contribution in [3.8, 4) is 11.5 Å². The van der Waals surface area contributed by atoms with Gasteiger partial charge >= 0.3 is 0 Å².